The smallest absolute Gasteiger partial charge is 0.106 e. The molecule has 0 N–H and O–H groups in total. The summed E-state index contributed by atoms with van der Waals surface area (Å²) >= 11 is 0. The Morgan fingerprint density at radius 1 is 1.26 bits per heavy atom. The summed E-state index contributed by atoms with van der Waals surface area (Å²) in [4.78, 5) is 5.01. The fourth-order valence-corrected chi connectivity index (χ4v) is 5.99. The van der Waals surface area contributed by atoms with E-state index in [1.807, 2.05) is 0 Å². The summed E-state index contributed by atoms with van der Waals surface area (Å²) in [5, 5.41) is 4.17. The molecule has 0 aromatic carbocycles. The summed E-state index contributed by atoms with van der Waals surface area (Å²) in [6.07, 6.45) is 15.8. The minimum Gasteiger partial charge on any atom is -0.399 e. The monoisotopic (exact) mass is 315 g/mol. The van der Waals surface area contributed by atoms with Crippen molar-refractivity contribution in [1.29, 1.82) is 0 Å². The zero-order valence-electron chi connectivity index (χ0n) is 15.4. The first-order chi connectivity index (χ1) is 10.9. The largest absolute Gasteiger partial charge is 0.399 e. The van der Waals surface area contributed by atoms with Crippen LogP contribution in [0.2, 0.25) is 0 Å². The molecule has 0 aromatic rings. The predicted octanol–water partition coefficient (Wildman–Crippen LogP) is 5.75. The van der Waals surface area contributed by atoms with Crippen LogP contribution in [0.5, 0.6) is 0 Å². The standard InChI is InChI=1S/C21H33NO/c1-6-19(2)13-10-17-16(14-19)8-9-18-20(3,15-22-23-5)11-7-12-21(17,18)4/h6,10,15-16,18H,1,7-9,11-14H2,2-5H3/b22-15+/t16?,18?,19-,20-,21-/m0/s1. The molecule has 0 amide bonds. The molecule has 0 saturated heterocycles. The van der Waals surface area contributed by atoms with Crippen LogP contribution >= 0.6 is 0 Å². The number of nitrogens with zero attached hydrogens (tertiary/aromatic N) is 1. The minimum absolute atomic E-state index is 0.175. The van der Waals surface area contributed by atoms with Crippen molar-refractivity contribution in [3.05, 3.63) is 24.3 Å². The minimum atomic E-state index is 0.175. The number of hydrogen-bond donors (Lipinski definition) is 0. The topological polar surface area (TPSA) is 21.6 Å². The third-order valence-electron chi connectivity index (χ3n) is 7.33. The number of hydrogen-bond acceptors (Lipinski definition) is 2. The lowest BCUT2D eigenvalue weighted by Gasteiger charge is -2.58. The van der Waals surface area contributed by atoms with Gasteiger partial charge in [0.05, 0.1) is 0 Å². The number of rotatable bonds is 3. The second-order valence-corrected chi connectivity index (χ2v) is 8.95. The summed E-state index contributed by atoms with van der Waals surface area (Å²) in [7, 11) is 1.65. The molecular weight excluding hydrogens is 282 g/mol. The molecule has 2 saturated carbocycles. The Bertz CT molecular complexity index is 536. The highest BCUT2D eigenvalue weighted by molar-refractivity contribution is 5.66. The Kier molecular flexibility index (Phi) is 4.23. The molecule has 0 bridgehead atoms. The molecule has 2 heteroatoms. The summed E-state index contributed by atoms with van der Waals surface area (Å²) in [5.41, 5.74) is 2.57. The van der Waals surface area contributed by atoms with Gasteiger partial charge < -0.3 is 4.84 Å². The maximum absolute atomic E-state index is 5.01. The van der Waals surface area contributed by atoms with Crippen LogP contribution in [-0.2, 0) is 4.84 Å². The van der Waals surface area contributed by atoms with E-state index in [2.05, 4.69) is 50.9 Å². The van der Waals surface area contributed by atoms with Crippen molar-refractivity contribution in [3.63, 3.8) is 0 Å². The van der Waals surface area contributed by atoms with E-state index in [1.165, 1.54) is 38.5 Å². The molecule has 2 nitrogen and oxygen atoms in total. The van der Waals surface area contributed by atoms with E-state index in [0.717, 1.165) is 12.3 Å². The number of oxime groups is 1. The van der Waals surface area contributed by atoms with Crippen molar-refractivity contribution >= 4 is 6.21 Å². The zero-order valence-corrected chi connectivity index (χ0v) is 15.4. The van der Waals surface area contributed by atoms with E-state index in [1.54, 1.807) is 12.7 Å². The molecule has 2 fully saturated rings. The average molecular weight is 316 g/mol. The fourth-order valence-electron chi connectivity index (χ4n) is 5.99. The lowest BCUT2D eigenvalue weighted by atomic mass is 9.46. The Hall–Kier alpha value is -1.05. The second-order valence-electron chi connectivity index (χ2n) is 8.95. The molecule has 0 heterocycles. The van der Waals surface area contributed by atoms with Crippen molar-refractivity contribution in [1.82, 2.24) is 0 Å². The molecule has 2 unspecified atom stereocenters. The SMILES string of the molecule is C=C[C@@]1(C)CC=C2C(CCC3[C@@]2(C)CCC[C@@]3(C)/C=N/OC)C1. The maximum atomic E-state index is 5.01. The van der Waals surface area contributed by atoms with Crippen molar-refractivity contribution in [2.75, 3.05) is 7.11 Å². The lowest BCUT2D eigenvalue weighted by molar-refractivity contribution is 0.0124. The normalized spacial score (nSPS) is 46.7. The highest BCUT2D eigenvalue weighted by Crippen LogP contribution is 2.63. The molecule has 3 aliphatic rings. The van der Waals surface area contributed by atoms with E-state index < -0.39 is 0 Å². The summed E-state index contributed by atoms with van der Waals surface area (Å²) in [6, 6.07) is 0. The third kappa shape index (κ3) is 2.68. The van der Waals surface area contributed by atoms with Gasteiger partial charge in [0.2, 0.25) is 0 Å². The summed E-state index contributed by atoms with van der Waals surface area (Å²) in [6.45, 7) is 11.4. The van der Waals surface area contributed by atoms with Crippen LogP contribution in [0.25, 0.3) is 0 Å². The van der Waals surface area contributed by atoms with Gasteiger partial charge in [-0.05, 0) is 61.2 Å². The molecule has 0 aliphatic heterocycles. The van der Waals surface area contributed by atoms with Crippen LogP contribution in [0.3, 0.4) is 0 Å². The molecule has 3 rings (SSSR count). The van der Waals surface area contributed by atoms with Gasteiger partial charge in [-0.25, -0.2) is 0 Å². The van der Waals surface area contributed by atoms with Gasteiger partial charge in [-0.1, -0.05) is 50.1 Å². The van der Waals surface area contributed by atoms with Gasteiger partial charge in [-0.15, -0.1) is 6.58 Å². The molecule has 0 spiro atoms. The van der Waals surface area contributed by atoms with Gasteiger partial charge in [0.25, 0.3) is 0 Å². The van der Waals surface area contributed by atoms with Crippen molar-refractivity contribution in [3.8, 4) is 0 Å². The third-order valence-corrected chi connectivity index (χ3v) is 7.33. The Morgan fingerprint density at radius 2 is 2.04 bits per heavy atom. The van der Waals surface area contributed by atoms with Crippen LogP contribution in [0.15, 0.2) is 29.5 Å². The van der Waals surface area contributed by atoms with Crippen molar-refractivity contribution in [2.45, 2.75) is 65.7 Å². The van der Waals surface area contributed by atoms with Gasteiger partial charge in [0, 0.05) is 11.6 Å². The molecule has 0 radical (unpaired) electrons. The molecule has 128 valence electrons. The van der Waals surface area contributed by atoms with Crippen LogP contribution in [0.4, 0.5) is 0 Å². The van der Waals surface area contributed by atoms with E-state index in [0.29, 0.717) is 16.7 Å². The van der Waals surface area contributed by atoms with Gasteiger partial charge >= 0.3 is 0 Å². The fraction of sp³-hybridized carbons (Fsp3) is 0.762. The van der Waals surface area contributed by atoms with Crippen LogP contribution in [0, 0.1) is 28.1 Å². The van der Waals surface area contributed by atoms with E-state index in [-0.39, 0.29) is 5.41 Å². The summed E-state index contributed by atoms with van der Waals surface area (Å²) < 4.78 is 0. The molecular formula is C21H33NO. The molecule has 23 heavy (non-hydrogen) atoms. The zero-order chi connectivity index (χ0) is 16.7. The van der Waals surface area contributed by atoms with Gasteiger partial charge in [0.1, 0.15) is 7.11 Å². The molecule has 3 aliphatic carbocycles. The number of allylic oxidation sites excluding steroid dienone is 3. The maximum Gasteiger partial charge on any atom is 0.106 e. The average Bonchev–Trinajstić information content (AvgIpc) is 2.52. The van der Waals surface area contributed by atoms with Gasteiger partial charge in [-0.3, -0.25) is 0 Å². The predicted molar refractivity (Wildman–Crippen MR) is 97.4 cm³/mol. The van der Waals surface area contributed by atoms with E-state index in [4.69, 9.17) is 4.84 Å². The molecule has 5 atom stereocenters. The van der Waals surface area contributed by atoms with Crippen LogP contribution < -0.4 is 0 Å². The van der Waals surface area contributed by atoms with Gasteiger partial charge in [-0.2, -0.15) is 0 Å². The van der Waals surface area contributed by atoms with Crippen LogP contribution in [-0.4, -0.2) is 13.3 Å². The highest BCUT2D eigenvalue weighted by atomic mass is 16.6. The second kappa shape index (κ2) is 5.79. The van der Waals surface area contributed by atoms with E-state index >= 15 is 0 Å². The van der Waals surface area contributed by atoms with E-state index in [9.17, 15) is 0 Å². The number of fused-ring (bicyclic) bond motifs is 3. The van der Waals surface area contributed by atoms with Crippen LogP contribution in [0.1, 0.15) is 65.7 Å². The lowest BCUT2D eigenvalue weighted by Crippen LogP contribution is -2.50. The quantitative estimate of drug-likeness (QED) is 0.369. The van der Waals surface area contributed by atoms with Crippen molar-refractivity contribution < 1.29 is 4.84 Å². The summed E-state index contributed by atoms with van der Waals surface area (Å²) in [5.74, 6) is 1.45. The Balaban J connectivity index is 1.95. The Labute approximate surface area is 142 Å². The van der Waals surface area contributed by atoms with Gasteiger partial charge in [0.15, 0.2) is 0 Å². The first-order valence-corrected chi connectivity index (χ1v) is 9.29. The Morgan fingerprint density at radius 3 is 2.74 bits per heavy atom. The first-order valence-electron chi connectivity index (χ1n) is 9.29. The highest BCUT2D eigenvalue weighted by Gasteiger charge is 2.54. The first kappa shape index (κ1) is 16.8. The van der Waals surface area contributed by atoms with Crippen molar-refractivity contribution in [2.24, 2.45) is 33.2 Å². The molecule has 0 aromatic heterocycles.